The second-order valence-electron chi connectivity index (χ2n) is 4.56. The molecule has 100 valence electrons. The average Bonchev–Trinajstić information content (AvgIpc) is 2.49. The number of aromatic nitrogens is 1. The molecule has 0 amide bonds. The van der Waals surface area contributed by atoms with Crippen molar-refractivity contribution in [3.63, 3.8) is 0 Å². The molecular formula is C15H12FN3O. The molecule has 2 aromatic rings. The number of nitrogens with zero attached hydrogens (tertiary/aromatic N) is 2. The Bertz CT molecular complexity index is 664. The Kier molecular flexibility index (Phi) is 3.21. The number of fused-ring (bicyclic) bond motifs is 1. The van der Waals surface area contributed by atoms with E-state index < -0.39 is 0 Å². The SMILES string of the molecule is N#Cc1ccc(N[C@H]2CCOc3ccc(F)cc32)cn1. The van der Waals surface area contributed by atoms with Crippen molar-refractivity contribution in [3.8, 4) is 11.8 Å². The van der Waals surface area contributed by atoms with Gasteiger partial charge in [-0.25, -0.2) is 9.37 Å². The zero-order chi connectivity index (χ0) is 13.9. The lowest BCUT2D eigenvalue weighted by Crippen LogP contribution is -2.20. The number of hydrogen-bond donors (Lipinski definition) is 1. The molecule has 20 heavy (non-hydrogen) atoms. The summed E-state index contributed by atoms with van der Waals surface area (Å²) in [6, 6.07) is 9.92. The van der Waals surface area contributed by atoms with Gasteiger partial charge in [-0.05, 0) is 30.3 Å². The van der Waals surface area contributed by atoms with Crippen molar-refractivity contribution in [1.82, 2.24) is 4.98 Å². The maximum atomic E-state index is 13.4. The molecule has 0 spiro atoms. The predicted octanol–water partition coefficient (Wildman–Crippen LogP) is 3.03. The fraction of sp³-hybridized carbons (Fsp3) is 0.200. The Hall–Kier alpha value is -2.61. The summed E-state index contributed by atoms with van der Waals surface area (Å²) >= 11 is 0. The molecule has 0 unspecified atom stereocenters. The van der Waals surface area contributed by atoms with Crippen LogP contribution in [0.4, 0.5) is 10.1 Å². The van der Waals surface area contributed by atoms with Crippen molar-refractivity contribution in [2.24, 2.45) is 0 Å². The van der Waals surface area contributed by atoms with Crippen LogP contribution in [-0.4, -0.2) is 11.6 Å². The van der Waals surface area contributed by atoms with Gasteiger partial charge in [-0.1, -0.05) is 0 Å². The maximum absolute atomic E-state index is 13.4. The minimum atomic E-state index is -0.279. The topological polar surface area (TPSA) is 57.9 Å². The van der Waals surface area contributed by atoms with E-state index in [4.69, 9.17) is 10.00 Å². The second-order valence-corrected chi connectivity index (χ2v) is 4.56. The zero-order valence-corrected chi connectivity index (χ0v) is 10.6. The number of anilines is 1. The number of nitrogens with one attached hydrogen (secondary N) is 1. The quantitative estimate of drug-likeness (QED) is 0.910. The van der Waals surface area contributed by atoms with Gasteiger partial charge in [0.2, 0.25) is 0 Å². The third-order valence-corrected chi connectivity index (χ3v) is 3.23. The first-order chi connectivity index (χ1) is 9.76. The third kappa shape index (κ3) is 2.41. The van der Waals surface area contributed by atoms with Crippen LogP contribution in [0.15, 0.2) is 36.5 Å². The van der Waals surface area contributed by atoms with Crippen LogP contribution in [0.25, 0.3) is 0 Å². The minimum absolute atomic E-state index is 0.0239. The molecule has 1 atom stereocenters. The van der Waals surface area contributed by atoms with E-state index in [2.05, 4.69) is 10.3 Å². The summed E-state index contributed by atoms with van der Waals surface area (Å²) in [7, 11) is 0. The van der Waals surface area contributed by atoms with Gasteiger partial charge < -0.3 is 10.1 Å². The molecule has 0 aliphatic carbocycles. The lowest BCUT2D eigenvalue weighted by molar-refractivity contribution is 0.273. The van der Waals surface area contributed by atoms with E-state index in [-0.39, 0.29) is 11.9 Å². The van der Waals surface area contributed by atoms with Gasteiger partial charge >= 0.3 is 0 Å². The molecule has 5 heteroatoms. The van der Waals surface area contributed by atoms with Crippen LogP contribution < -0.4 is 10.1 Å². The minimum Gasteiger partial charge on any atom is -0.493 e. The molecule has 1 aliphatic heterocycles. The molecule has 0 saturated carbocycles. The molecule has 0 bridgehead atoms. The van der Waals surface area contributed by atoms with Crippen LogP contribution in [0, 0.1) is 17.1 Å². The lowest BCUT2D eigenvalue weighted by Gasteiger charge is -2.27. The van der Waals surface area contributed by atoms with Crippen molar-refractivity contribution >= 4 is 5.69 Å². The Morgan fingerprint density at radius 3 is 3.00 bits per heavy atom. The Labute approximate surface area is 115 Å². The van der Waals surface area contributed by atoms with E-state index in [0.717, 1.165) is 17.7 Å². The van der Waals surface area contributed by atoms with Crippen molar-refractivity contribution in [2.45, 2.75) is 12.5 Å². The molecule has 0 saturated heterocycles. The highest BCUT2D eigenvalue weighted by Crippen LogP contribution is 2.34. The van der Waals surface area contributed by atoms with Gasteiger partial charge in [0.1, 0.15) is 23.3 Å². The molecule has 0 fully saturated rings. The number of pyridine rings is 1. The molecule has 1 N–H and O–H groups in total. The van der Waals surface area contributed by atoms with Crippen LogP contribution in [0.5, 0.6) is 5.75 Å². The summed E-state index contributed by atoms with van der Waals surface area (Å²) in [5.74, 6) is 0.427. The van der Waals surface area contributed by atoms with E-state index in [1.807, 2.05) is 6.07 Å². The highest BCUT2D eigenvalue weighted by Gasteiger charge is 2.22. The van der Waals surface area contributed by atoms with Crippen molar-refractivity contribution < 1.29 is 9.13 Å². The van der Waals surface area contributed by atoms with E-state index in [1.165, 1.54) is 12.1 Å². The first-order valence-corrected chi connectivity index (χ1v) is 6.31. The first kappa shape index (κ1) is 12.4. The number of rotatable bonds is 2. The van der Waals surface area contributed by atoms with Gasteiger partial charge in [0.15, 0.2) is 0 Å². The second kappa shape index (κ2) is 5.17. The number of hydrogen-bond acceptors (Lipinski definition) is 4. The molecule has 3 rings (SSSR count). The van der Waals surface area contributed by atoms with Crippen LogP contribution in [-0.2, 0) is 0 Å². The van der Waals surface area contributed by atoms with Crippen molar-refractivity contribution in [1.29, 1.82) is 5.26 Å². The third-order valence-electron chi connectivity index (χ3n) is 3.23. The number of halogens is 1. The highest BCUT2D eigenvalue weighted by molar-refractivity contribution is 5.48. The van der Waals surface area contributed by atoms with Crippen LogP contribution in [0.1, 0.15) is 23.7 Å². The molecule has 1 aromatic carbocycles. The summed E-state index contributed by atoms with van der Waals surface area (Å²) in [6.45, 7) is 0.583. The van der Waals surface area contributed by atoms with Gasteiger partial charge in [0.25, 0.3) is 0 Å². The van der Waals surface area contributed by atoms with Gasteiger partial charge in [-0.2, -0.15) is 5.26 Å². The summed E-state index contributed by atoms with van der Waals surface area (Å²) in [6.07, 6.45) is 2.35. The normalized spacial score (nSPS) is 16.7. The molecule has 1 aromatic heterocycles. The molecular weight excluding hydrogens is 257 g/mol. The standard InChI is InChI=1S/C15H12FN3O/c16-10-1-4-15-13(7-10)14(5-6-20-15)19-12-3-2-11(8-17)18-9-12/h1-4,7,9,14,19H,5-6H2/t14-/m0/s1. The average molecular weight is 269 g/mol. The summed E-state index contributed by atoms with van der Waals surface area (Å²) < 4.78 is 18.9. The molecule has 2 heterocycles. The summed E-state index contributed by atoms with van der Waals surface area (Å²) in [4.78, 5) is 4.01. The molecule has 1 aliphatic rings. The Balaban J connectivity index is 1.85. The van der Waals surface area contributed by atoms with Gasteiger partial charge in [-0.3, -0.25) is 0 Å². The maximum Gasteiger partial charge on any atom is 0.140 e. The van der Waals surface area contributed by atoms with E-state index in [9.17, 15) is 4.39 Å². The Morgan fingerprint density at radius 1 is 1.35 bits per heavy atom. The van der Waals surface area contributed by atoms with E-state index >= 15 is 0 Å². The molecule has 0 radical (unpaired) electrons. The van der Waals surface area contributed by atoms with Crippen LogP contribution in [0.2, 0.25) is 0 Å². The Morgan fingerprint density at radius 2 is 2.25 bits per heavy atom. The predicted molar refractivity (Wildman–Crippen MR) is 71.8 cm³/mol. The fourth-order valence-electron chi connectivity index (χ4n) is 2.26. The smallest absolute Gasteiger partial charge is 0.140 e. The monoisotopic (exact) mass is 269 g/mol. The number of ether oxygens (including phenoxy) is 1. The van der Waals surface area contributed by atoms with Crippen molar-refractivity contribution in [3.05, 3.63) is 53.6 Å². The van der Waals surface area contributed by atoms with Crippen molar-refractivity contribution in [2.75, 3.05) is 11.9 Å². The van der Waals surface area contributed by atoms with Crippen LogP contribution in [0.3, 0.4) is 0 Å². The largest absolute Gasteiger partial charge is 0.493 e. The molecule has 4 nitrogen and oxygen atoms in total. The lowest BCUT2D eigenvalue weighted by atomic mass is 10.00. The van der Waals surface area contributed by atoms with Gasteiger partial charge in [-0.15, -0.1) is 0 Å². The van der Waals surface area contributed by atoms with E-state index in [1.54, 1.807) is 24.4 Å². The van der Waals surface area contributed by atoms with Crippen LogP contribution >= 0.6 is 0 Å². The number of nitriles is 1. The van der Waals surface area contributed by atoms with Gasteiger partial charge in [0, 0.05) is 12.0 Å². The van der Waals surface area contributed by atoms with Gasteiger partial charge in [0.05, 0.1) is 24.5 Å². The summed E-state index contributed by atoms with van der Waals surface area (Å²) in [5.41, 5.74) is 1.97. The zero-order valence-electron chi connectivity index (χ0n) is 10.6. The fourth-order valence-corrected chi connectivity index (χ4v) is 2.26. The van der Waals surface area contributed by atoms with E-state index in [0.29, 0.717) is 18.1 Å². The first-order valence-electron chi connectivity index (χ1n) is 6.31. The number of benzene rings is 1. The summed E-state index contributed by atoms with van der Waals surface area (Å²) in [5, 5.41) is 12.0. The highest BCUT2D eigenvalue weighted by atomic mass is 19.1.